The van der Waals surface area contributed by atoms with Crippen LogP contribution >= 0.6 is 0 Å². The SMILES string of the molecule is Cc1cc(CNc2ccc(C#N)c(C)c2)no1. The Morgan fingerprint density at radius 3 is 2.76 bits per heavy atom. The topological polar surface area (TPSA) is 61.9 Å². The maximum absolute atomic E-state index is 8.83. The molecule has 1 N–H and O–H groups in total. The second-order valence-corrected chi connectivity index (χ2v) is 3.92. The number of aryl methyl sites for hydroxylation is 2. The lowest BCUT2D eigenvalue weighted by Crippen LogP contribution is -2.00. The van der Waals surface area contributed by atoms with Gasteiger partial charge in [-0.05, 0) is 37.6 Å². The van der Waals surface area contributed by atoms with Crippen LogP contribution in [0.2, 0.25) is 0 Å². The van der Waals surface area contributed by atoms with Gasteiger partial charge >= 0.3 is 0 Å². The number of rotatable bonds is 3. The minimum Gasteiger partial charge on any atom is -0.379 e. The summed E-state index contributed by atoms with van der Waals surface area (Å²) < 4.78 is 4.98. The van der Waals surface area contributed by atoms with E-state index < -0.39 is 0 Å². The molecule has 1 aromatic heterocycles. The van der Waals surface area contributed by atoms with Crippen molar-refractivity contribution in [1.82, 2.24) is 5.16 Å². The van der Waals surface area contributed by atoms with Crippen molar-refractivity contribution in [1.29, 1.82) is 5.26 Å². The highest BCUT2D eigenvalue weighted by atomic mass is 16.5. The molecule has 0 saturated carbocycles. The lowest BCUT2D eigenvalue weighted by molar-refractivity contribution is 0.391. The molecular weight excluding hydrogens is 214 g/mol. The van der Waals surface area contributed by atoms with Crippen molar-refractivity contribution in [2.24, 2.45) is 0 Å². The van der Waals surface area contributed by atoms with Crippen LogP contribution in [-0.2, 0) is 6.54 Å². The van der Waals surface area contributed by atoms with Crippen molar-refractivity contribution >= 4 is 5.69 Å². The third-order valence-corrected chi connectivity index (χ3v) is 2.50. The van der Waals surface area contributed by atoms with Crippen molar-refractivity contribution < 1.29 is 4.52 Å². The molecule has 0 fully saturated rings. The molecule has 2 rings (SSSR count). The lowest BCUT2D eigenvalue weighted by Gasteiger charge is -2.05. The molecule has 4 heteroatoms. The van der Waals surface area contributed by atoms with Crippen molar-refractivity contribution in [2.75, 3.05) is 5.32 Å². The van der Waals surface area contributed by atoms with Gasteiger partial charge < -0.3 is 9.84 Å². The molecule has 17 heavy (non-hydrogen) atoms. The van der Waals surface area contributed by atoms with Gasteiger partial charge in [0.2, 0.25) is 0 Å². The number of anilines is 1. The van der Waals surface area contributed by atoms with E-state index in [2.05, 4.69) is 16.5 Å². The Morgan fingerprint density at radius 2 is 2.18 bits per heavy atom. The molecular formula is C13H13N3O. The monoisotopic (exact) mass is 227 g/mol. The Balaban J connectivity index is 2.05. The number of hydrogen-bond donors (Lipinski definition) is 1. The second kappa shape index (κ2) is 4.71. The van der Waals surface area contributed by atoms with Gasteiger partial charge in [-0.1, -0.05) is 5.16 Å². The molecule has 1 aromatic carbocycles. The van der Waals surface area contributed by atoms with Gasteiger partial charge in [0.25, 0.3) is 0 Å². The van der Waals surface area contributed by atoms with Gasteiger partial charge in [0.05, 0.1) is 18.2 Å². The van der Waals surface area contributed by atoms with Crippen LogP contribution in [0.4, 0.5) is 5.69 Å². The van der Waals surface area contributed by atoms with E-state index in [9.17, 15) is 0 Å². The zero-order valence-electron chi connectivity index (χ0n) is 9.82. The number of nitrogens with one attached hydrogen (secondary N) is 1. The largest absolute Gasteiger partial charge is 0.379 e. The summed E-state index contributed by atoms with van der Waals surface area (Å²) in [5.41, 5.74) is 3.51. The number of nitriles is 1. The highest BCUT2D eigenvalue weighted by Gasteiger charge is 2.02. The van der Waals surface area contributed by atoms with E-state index in [4.69, 9.17) is 9.78 Å². The molecule has 0 atom stereocenters. The zero-order chi connectivity index (χ0) is 12.3. The Kier molecular flexibility index (Phi) is 3.10. The first-order chi connectivity index (χ1) is 8.19. The molecule has 0 bridgehead atoms. The molecule has 0 radical (unpaired) electrons. The molecule has 2 aromatic rings. The van der Waals surface area contributed by atoms with Gasteiger partial charge in [-0.25, -0.2) is 0 Å². The van der Waals surface area contributed by atoms with Crippen LogP contribution in [-0.4, -0.2) is 5.16 Å². The summed E-state index contributed by atoms with van der Waals surface area (Å²) in [5, 5.41) is 16.0. The van der Waals surface area contributed by atoms with Crippen molar-refractivity contribution in [3.63, 3.8) is 0 Å². The Bertz CT molecular complexity index is 566. The summed E-state index contributed by atoms with van der Waals surface area (Å²) in [6.07, 6.45) is 0. The van der Waals surface area contributed by atoms with Gasteiger partial charge in [-0.3, -0.25) is 0 Å². The molecule has 0 aliphatic carbocycles. The number of aromatic nitrogens is 1. The van der Waals surface area contributed by atoms with Gasteiger partial charge in [-0.15, -0.1) is 0 Å². The van der Waals surface area contributed by atoms with E-state index in [1.807, 2.05) is 38.1 Å². The first-order valence-electron chi connectivity index (χ1n) is 5.36. The van der Waals surface area contributed by atoms with Gasteiger partial charge in [0.1, 0.15) is 11.5 Å². The van der Waals surface area contributed by atoms with Gasteiger partial charge in [0, 0.05) is 11.8 Å². The molecule has 86 valence electrons. The fourth-order valence-corrected chi connectivity index (χ4v) is 1.59. The van der Waals surface area contributed by atoms with Crippen LogP contribution in [0.3, 0.4) is 0 Å². The van der Waals surface area contributed by atoms with Gasteiger partial charge in [-0.2, -0.15) is 5.26 Å². The van der Waals surface area contributed by atoms with Crippen LogP contribution in [0.25, 0.3) is 0 Å². The van der Waals surface area contributed by atoms with Crippen LogP contribution in [0.5, 0.6) is 0 Å². The van der Waals surface area contributed by atoms with Crippen molar-refractivity contribution in [3.8, 4) is 6.07 Å². The molecule has 0 saturated heterocycles. The fraction of sp³-hybridized carbons (Fsp3) is 0.231. The highest BCUT2D eigenvalue weighted by molar-refractivity contribution is 5.51. The quantitative estimate of drug-likeness (QED) is 0.875. The molecule has 1 heterocycles. The Hall–Kier alpha value is -2.28. The third kappa shape index (κ3) is 2.64. The molecule has 4 nitrogen and oxygen atoms in total. The van der Waals surface area contributed by atoms with Crippen LogP contribution in [0, 0.1) is 25.2 Å². The Morgan fingerprint density at radius 1 is 1.35 bits per heavy atom. The molecule has 0 aliphatic rings. The third-order valence-electron chi connectivity index (χ3n) is 2.50. The average molecular weight is 227 g/mol. The Labute approximate surface area is 99.9 Å². The van der Waals surface area contributed by atoms with E-state index in [-0.39, 0.29) is 0 Å². The molecule has 0 amide bonds. The lowest BCUT2D eigenvalue weighted by atomic mass is 10.1. The van der Waals surface area contributed by atoms with Gasteiger partial charge in [0.15, 0.2) is 0 Å². The zero-order valence-corrected chi connectivity index (χ0v) is 9.82. The van der Waals surface area contributed by atoms with Crippen LogP contribution in [0.1, 0.15) is 22.6 Å². The predicted octanol–water partition coefficient (Wildman–Crippen LogP) is 2.78. The summed E-state index contributed by atoms with van der Waals surface area (Å²) in [4.78, 5) is 0. The standard InChI is InChI=1S/C13H13N3O/c1-9-5-12(4-3-11(9)7-14)15-8-13-6-10(2)17-16-13/h3-6,15H,8H2,1-2H3. The molecule has 0 aliphatic heterocycles. The van der Waals surface area contributed by atoms with E-state index >= 15 is 0 Å². The van der Waals surface area contributed by atoms with Crippen molar-refractivity contribution in [3.05, 3.63) is 46.8 Å². The summed E-state index contributed by atoms with van der Waals surface area (Å²) in [6.45, 7) is 4.40. The first-order valence-corrected chi connectivity index (χ1v) is 5.36. The van der Waals surface area contributed by atoms with Crippen LogP contribution in [0.15, 0.2) is 28.8 Å². The highest BCUT2D eigenvalue weighted by Crippen LogP contribution is 2.15. The predicted molar refractivity (Wildman–Crippen MR) is 64.5 cm³/mol. The maximum Gasteiger partial charge on any atom is 0.133 e. The molecule has 0 spiro atoms. The minimum absolute atomic E-state index is 0.614. The van der Waals surface area contributed by atoms with E-state index in [0.717, 1.165) is 22.7 Å². The maximum atomic E-state index is 8.83. The van der Waals surface area contributed by atoms with E-state index in [1.54, 1.807) is 0 Å². The minimum atomic E-state index is 0.614. The average Bonchev–Trinajstić information content (AvgIpc) is 2.73. The first kappa shape index (κ1) is 11.2. The summed E-state index contributed by atoms with van der Waals surface area (Å²) >= 11 is 0. The second-order valence-electron chi connectivity index (χ2n) is 3.92. The van der Waals surface area contributed by atoms with Crippen LogP contribution < -0.4 is 5.32 Å². The number of nitrogens with zero attached hydrogens (tertiary/aromatic N) is 2. The van der Waals surface area contributed by atoms with E-state index in [1.165, 1.54) is 0 Å². The summed E-state index contributed by atoms with van der Waals surface area (Å²) in [6, 6.07) is 9.69. The van der Waals surface area contributed by atoms with E-state index in [0.29, 0.717) is 12.1 Å². The summed E-state index contributed by atoms with van der Waals surface area (Å²) in [7, 11) is 0. The number of hydrogen-bond acceptors (Lipinski definition) is 4. The smallest absolute Gasteiger partial charge is 0.133 e. The summed E-state index contributed by atoms with van der Waals surface area (Å²) in [5.74, 6) is 0.804. The fourth-order valence-electron chi connectivity index (χ4n) is 1.59. The molecule has 0 unspecified atom stereocenters. The number of benzene rings is 1. The van der Waals surface area contributed by atoms with Crippen molar-refractivity contribution in [2.45, 2.75) is 20.4 Å². The normalized spacial score (nSPS) is 9.94.